The first-order chi connectivity index (χ1) is 19.3. The predicted octanol–water partition coefficient (Wildman–Crippen LogP) is 2.28. The van der Waals surface area contributed by atoms with Crippen molar-refractivity contribution in [3.05, 3.63) is 66.1 Å². The lowest BCUT2D eigenvalue weighted by Gasteiger charge is -2.30. The molecule has 1 aliphatic rings. The Bertz CT molecular complexity index is 1390. The first-order valence-electron chi connectivity index (χ1n) is 13.5. The van der Waals surface area contributed by atoms with Gasteiger partial charge >= 0.3 is 6.03 Å². The van der Waals surface area contributed by atoms with E-state index in [0.717, 1.165) is 6.42 Å². The summed E-state index contributed by atoms with van der Waals surface area (Å²) in [4.78, 5) is 45.7. The number of aromatic nitrogens is 1. The van der Waals surface area contributed by atoms with E-state index in [0.29, 0.717) is 55.7 Å². The number of piperazine rings is 1. The predicted molar refractivity (Wildman–Crippen MR) is 150 cm³/mol. The Hall–Kier alpha value is -3.77. The van der Waals surface area contributed by atoms with Crippen LogP contribution in [0.4, 0.5) is 4.79 Å². The van der Waals surface area contributed by atoms with Gasteiger partial charge in [0.25, 0.3) is 5.89 Å². The average molecular weight is 570 g/mol. The topological polar surface area (TPSA) is 151 Å². The molecule has 0 saturated carbocycles. The third-order valence-corrected chi connectivity index (χ3v) is 8.27. The van der Waals surface area contributed by atoms with Gasteiger partial charge in [0.1, 0.15) is 11.6 Å². The number of nitrogens with one attached hydrogen (secondary N) is 3. The maximum Gasteiger partial charge on any atom is 0.318 e. The van der Waals surface area contributed by atoms with Gasteiger partial charge in [-0.2, -0.15) is 0 Å². The number of amides is 3. The molecule has 1 aromatic heterocycles. The molecular formula is C28H35N5O6S. The zero-order chi connectivity index (χ0) is 28.5. The van der Waals surface area contributed by atoms with Crippen molar-refractivity contribution >= 4 is 38.7 Å². The number of rotatable bonds is 12. The van der Waals surface area contributed by atoms with Gasteiger partial charge in [0.05, 0.1) is 17.5 Å². The monoisotopic (exact) mass is 569 g/mol. The van der Waals surface area contributed by atoms with E-state index in [4.69, 9.17) is 4.42 Å². The molecule has 0 radical (unpaired) electrons. The summed E-state index contributed by atoms with van der Waals surface area (Å²) in [5.41, 5.74) is 1.53. The van der Waals surface area contributed by atoms with Crippen molar-refractivity contribution in [1.29, 1.82) is 0 Å². The fourth-order valence-corrected chi connectivity index (χ4v) is 6.07. The molecule has 2 aromatic carbocycles. The molecule has 1 aliphatic heterocycles. The quantitative estimate of drug-likeness (QED) is 0.281. The maximum absolute atomic E-state index is 13.5. The van der Waals surface area contributed by atoms with Crippen LogP contribution in [0.3, 0.4) is 0 Å². The fraction of sp³-hybridized carbons (Fsp3) is 0.429. The van der Waals surface area contributed by atoms with Crippen LogP contribution in [0.2, 0.25) is 0 Å². The molecule has 40 heavy (non-hydrogen) atoms. The number of Topliss-reactive ketones (excluding diaryl/α,β-unsaturated/α-hetero) is 1. The SMILES string of the molecule is CCCC[C@H](NC(=O)[C@H](CS(=O)(=O)Cc1ccccc1)NC(=O)N1CCNCC1)C(=O)c1nc2ccccc2o1. The number of unbranched alkanes of at least 4 members (excludes halogenated alkanes) is 1. The molecule has 2 atom stereocenters. The minimum atomic E-state index is -3.82. The van der Waals surface area contributed by atoms with Crippen LogP contribution in [0.15, 0.2) is 59.0 Å². The molecule has 3 amide bonds. The molecule has 1 fully saturated rings. The lowest BCUT2D eigenvalue weighted by Crippen LogP contribution is -2.58. The standard InChI is InChI=1S/C28H35N5O6S/c1-2-3-11-22(25(34)27-31-21-12-7-8-13-24(21)39-27)30-26(35)23(32-28(36)33-16-14-29-15-17-33)19-40(37,38)18-20-9-5-4-6-10-20/h4-10,12-13,22-23,29H,2-3,11,14-19H2,1H3,(H,30,35)(H,32,36)/t22-,23-/m0/s1. The molecule has 0 aliphatic carbocycles. The van der Waals surface area contributed by atoms with Gasteiger partial charge in [-0.3, -0.25) is 9.59 Å². The highest BCUT2D eigenvalue weighted by atomic mass is 32.2. The Labute approximate surface area is 233 Å². The zero-order valence-electron chi connectivity index (χ0n) is 22.5. The Kier molecular flexibility index (Phi) is 9.88. The van der Waals surface area contributed by atoms with E-state index in [2.05, 4.69) is 20.9 Å². The van der Waals surface area contributed by atoms with Crippen molar-refractivity contribution in [2.24, 2.45) is 0 Å². The second-order valence-electron chi connectivity index (χ2n) is 9.83. The van der Waals surface area contributed by atoms with E-state index in [1.165, 1.54) is 4.90 Å². The van der Waals surface area contributed by atoms with E-state index in [-0.39, 0.29) is 11.6 Å². The van der Waals surface area contributed by atoms with Crippen molar-refractivity contribution in [3.63, 3.8) is 0 Å². The van der Waals surface area contributed by atoms with Gasteiger partial charge in [0, 0.05) is 26.2 Å². The summed E-state index contributed by atoms with van der Waals surface area (Å²) < 4.78 is 31.9. The van der Waals surface area contributed by atoms with Crippen LogP contribution in [-0.2, 0) is 20.4 Å². The van der Waals surface area contributed by atoms with Gasteiger partial charge < -0.3 is 25.3 Å². The average Bonchev–Trinajstić information content (AvgIpc) is 3.39. The number of hydrogen-bond acceptors (Lipinski definition) is 8. The number of oxazole rings is 1. The second-order valence-corrected chi connectivity index (χ2v) is 11.9. The first kappa shape index (κ1) is 29.2. The van der Waals surface area contributed by atoms with Crippen LogP contribution in [0.5, 0.6) is 0 Å². The highest BCUT2D eigenvalue weighted by molar-refractivity contribution is 7.90. The van der Waals surface area contributed by atoms with E-state index >= 15 is 0 Å². The molecule has 0 bridgehead atoms. The number of benzene rings is 2. The van der Waals surface area contributed by atoms with Gasteiger partial charge in [0.2, 0.25) is 11.7 Å². The van der Waals surface area contributed by atoms with Crippen molar-refractivity contribution in [1.82, 2.24) is 25.8 Å². The van der Waals surface area contributed by atoms with Crippen LogP contribution in [0.25, 0.3) is 11.1 Å². The van der Waals surface area contributed by atoms with E-state index in [1.807, 2.05) is 6.92 Å². The number of urea groups is 1. The van der Waals surface area contributed by atoms with Crippen LogP contribution in [-0.4, -0.2) is 80.0 Å². The maximum atomic E-state index is 13.5. The molecular weight excluding hydrogens is 534 g/mol. The molecule has 0 spiro atoms. The molecule has 0 unspecified atom stereocenters. The summed E-state index contributed by atoms with van der Waals surface area (Å²) in [6.45, 7) is 3.98. The van der Waals surface area contributed by atoms with E-state index < -0.39 is 45.4 Å². The number of para-hydroxylation sites is 2. The summed E-state index contributed by atoms with van der Waals surface area (Å²) in [6, 6.07) is 12.6. The van der Waals surface area contributed by atoms with Crippen molar-refractivity contribution in [2.45, 2.75) is 44.0 Å². The normalized spacial score (nSPS) is 15.4. The molecule has 1 saturated heterocycles. The number of nitrogens with zero attached hydrogens (tertiary/aromatic N) is 2. The minimum Gasteiger partial charge on any atom is -0.434 e. The lowest BCUT2D eigenvalue weighted by molar-refractivity contribution is -0.123. The summed E-state index contributed by atoms with van der Waals surface area (Å²) >= 11 is 0. The fourth-order valence-electron chi connectivity index (χ4n) is 4.51. The van der Waals surface area contributed by atoms with Crippen LogP contribution >= 0.6 is 0 Å². The van der Waals surface area contributed by atoms with Gasteiger partial charge in [-0.25, -0.2) is 18.2 Å². The van der Waals surface area contributed by atoms with E-state index in [9.17, 15) is 22.8 Å². The number of hydrogen-bond donors (Lipinski definition) is 3. The summed E-state index contributed by atoms with van der Waals surface area (Å²) in [7, 11) is -3.82. The Balaban J connectivity index is 1.54. The molecule has 3 N–H and O–H groups in total. The van der Waals surface area contributed by atoms with Crippen LogP contribution < -0.4 is 16.0 Å². The largest absolute Gasteiger partial charge is 0.434 e. The van der Waals surface area contributed by atoms with E-state index in [1.54, 1.807) is 54.6 Å². The lowest BCUT2D eigenvalue weighted by atomic mass is 10.0. The molecule has 11 nitrogen and oxygen atoms in total. The van der Waals surface area contributed by atoms with Gasteiger partial charge in [-0.05, 0) is 24.1 Å². The Morgan fingerprint density at radius 3 is 2.40 bits per heavy atom. The van der Waals surface area contributed by atoms with Crippen molar-refractivity contribution in [2.75, 3.05) is 31.9 Å². The Morgan fingerprint density at radius 2 is 1.70 bits per heavy atom. The summed E-state index contributed by atoms with van der Waals surface area (Å²) in [5.74, 6) is -2.32. The summed E-state index contributed by atoms with van der Waals surface area (Å²) in [6.07, 6.45) is 1.69. The minimum absolute atomic E-state index is 0.138. The summed E-state index contributed by atoms with van der Waals surface area (Å²) in [5, 5.41) is 8.44. The number of ketones is 1. The molecule has 12 heteroatoms. The molecule has 3 aromatic rings. The highest BCUT2D eigenvalue weighted by Crippen LogP contribution is 2.18. The van der Waals surface area contributed by atoms with Gasteiger partial charge in [-0.15, -0.1) is 0 Å². The third kappa shape index (κ3) is 7.89. The third-order valence-electron chi connectivity index (χ3n) is 6.65. The highest BCUT2D eigenvalue weighted by Gasteiger charge is 2.33. The molecule has 4 rings (SSSR count). The smallest absolute Gasteiger partial charge is 0.318 e. The molecule has 214 valence electrons. The van der Waals surface area contributed by atoms with Crippen LogP contribution in [0, 0.1) is 0 Å². The number of carbonyl (C=O) groups is 3. The van der Waals surface area contributed by atoms with Gasteiger partial charge in [-0.1, -0.05) is 62.2 Å². The molecule has 2 heterocycles. The second kappa shape index (κ2) is 13.5. The van der Waals surface area contributed by atoms with Crippen molar-refractivity contribution in [3.8, 4) is 0 Å². The zero-order valence-corrected chi connectivity index (χ0v) is 23.3. The van der Waals surface area contributed by atoms with Crippen LogP contribution in [0.1, 0.15) is 42.4 Å². The Morgan fingerprint density at radius 1 is 1.00 bits per heavy atom. The number of sulfone groups is 1. The number of fused-ring (bicyclic) bond motifs is 1. The first-order valence-corrected chi connectivity index (χ1v) is 15.3. The number of carbonyl (C=O) groups excluding carboxylic acids is 3. The van der Waals surface area contributed by atoms with Crippen molar-refractivity contribution < 1.29 is 27.2 Å². The van der Waals surface area contributed by atoms with Gasteiger partial charge in [0.15, 0.2) is 15.4 Å².